The molecule has 1 aromatic heterocycles. The van der Waals surface area contributed by atoms with E-state index in [4.69, 9.17) is 4.74 Å². The highest BCUT2D eigenvalue weighted by Crippen LogP contribution is 2.28. The molecule has 0 bridgehead atoms. The quantitative estimate of drug-likeness (QED) is 0.771. The van der Waals surface area contributed by atoms with Crippen molar-refractivity contribution < 1.29 is 9.53 Å². The van der Waals surface area contributed by atoms with E-state index < -0.39 is 0 Å². The molecule has 0 spiro atoms. The second-order valence-electron chi connectivity index (χ2n) is 7.39. The maximum Gasteiger partial charge on any atom is 0.266 e. The molecule has 1 aliphatic carbocycles. The van der Waals surface area contributed by atoms with Crippen LogP contribution in [0.5, 0.6) is 0 Å². The van der Waals surface area contributed by atoms with E-state index in [2.05, 4.69) is 10.00 Å². The summed E-state index contributed by atoms with van der Waals surface area (Å²) in [5.74, 6) is 0.195. The van der Waals surface area contributed by atoms with Crippen molar-refractivity contribution >= 4 is 5.91 Å². The fourth-order valence-electron chi connectivity index (χ4n) is 4.37. The van der Waals surface area contributed by atoms with E-state index in [9.17, 15) is 9.59 Å². The smallest absolute Gasteiger partial charge is 0.266 e. The molecule has 136 valence electrons. The lowest BCUT2D eigenvalue weighted by atomic mass is 9.90. The molecule has 2 aliphatic heterocycles. The summed E-state index contributed by atoms with van der Waals surface area (Å²) in [6, 6.07) is 1.91. The molecule has 1 saturated heterocycles. The summed E-state index contributed by atoms with van der Waals surface area (Å²) in [7, 11) is 1.68. The number of hydrogen-bond acceptors (Lipinski definition) is 5. The second-order valence-corrected chi connectivity index (χ2v) is 7.39. The topological polar surface area (TPSA) is 67.7 Å². The Morgan fingerprint density at radius 3 is 3.04 bits per heavy atom. The number of carbonyl (C=O) groups excluding carboxylic acids is 1. The number of hydrogen-bond donors (Lipinski definition) is 0. The van der Waals surface area contributed by atoms with E-state index in [1.165, 1.54) is 17.5 Å². The molecule has 0 unspecified atom stereocenters. The predicted molar refractivity (Wildman–Crippen MR) is 92.2 cm³/mol. The lowest BCUT2D eigenvalue weighted by Gasteiger charge is -2.44. The first-order valence-electron chi connectivity index (χ1n) is 9.31. The van der Waals surface area contributed by atoms with Crippen molar-refractivity contribution in [2.75, 3.05) is 26.2 Å². The molecule has 2 atom stereocenters. The van der Waals surface area contributed by atoms with Crippen LogP contribution >= 0.6 is 0 Å². The van der Waals surface area contributed by atoms with Crippen molar-refractivity contribution in [2.45, 2.75) is 50.8 Å². The molecule has 0 radical (unpaired) electrons. The number of aryl methyl sites for hydroxylation is 1. The highest BCUT2D eigenvalue weighted by molar-refractivity contribution is 5.78. The molecule has 3 heterocycles. The Bertz CT molecular complexity index is 715. The molecule has 4 rings (SSSR count). The minimum Gasteiger partial charge on any atom is -0.374 e. The SMILES string of the molecule is Cn1nc2c(cc1=O)CN(CC(=O)N1CCO[C@H]3CCCC[C@H]31)CC2. The van der Waals surface area contributed by atoms with Crippen LogP contribution in [-0.2, 0) is 29.5 Å². The lowest BCUT2D eigenvalue weighted by Crippen LogP contribution is -2.57. The summed E-state index contributed by atoms with van der Waals surface area (Å²) in [6.07, 6.45) is 5.51. The van der Waals surface area contributed by atoms with E-state index in [1.807, 2.05) is 4.90 Å². The summed E-state index contributed by atoms with van der Waals surface area (Å²) in [5, 5.41) is 4.34. The van der Waals surface area contributed by atoms with Gasteiger partial charge in [0.1, 0.15) is 0 Å². The zero-order valence-electron chi connectivity index (χ0n) is 14.8. The van der Waals surface area contributed by atoms with Crippen molar-refractivity contribution in [3.8, 4) is 0 Å². The summed E-state index contributed by atoms with van der Waals surface area (Å²) < 4.78 is 7.26. The van der Waals surface area contributed by atoms with Gasteiger partial charge >= 0.3 is 0 Å². The van der Waals surface area contributed by atoms with Crippen LogP contribution in [0.4, 0.5) is 0 Å². The van der Waals surface area contributed by atoms with Gasteiger partial charge in [-0.3, -0.25) is 14.5 Å². The van der Waals surface area contributed by atoms with Crippen molar-refractivity contribution in [3.05, 3.63) is 27.7 Å². The summed E-state index contributed by atoms with van der Waals surface area (Å²) in [4.78, 5) is 28.9. The molecule has 0 N–H and O–H groups in total. The van der Waals surface area contributed by atoms with Gasteiger partial charge in [0, 0.05) is 39.2 Å². The Kier molecular flexibility index (Phi) is 4.60. The van der Waals surface area contributed by atoms with Crippen molar-refractivity contribution in [1.82, 2.24) is 19.6 Å². The predicted octanol–water partition coefficient (Wildman–Crippen LogP) is 0.308. The van der Waals surface area contributed by atoms with E-state index in [0.717, 1.165) is 37.1 Å². The average molecular weight is 346 g/mol. The summed E-state index contributed by atoms with van der Waals surface area (Å²) >= 11 is 0. The Hall–Kier alpha value is -1.73. The third-order valence-electron chi connectivity index (χ3n) is 5.73. The first-order chi connectivity index (χ1) is 12.1. The van der Waals surface area contributed by atoms with Crippen LogP contribution in [0.15, 0.2) is 10.9 Å². The van der Waals surface area contributed by atoms with Gasteiger partial charge in [0.05, 0.1) is 31.0 Å². The Labute approximate surface area is 147 Å². The molecule has 3 aliphatic rings. The molecule has 7 heteroatoms. The molecule has 25 heavy (non-hydrogen) atoms. The summed E-state index contributed by atoms with van der Waals surface area (Å²) in [5.41, 5.74) is 1.84. The average Bonchev–Trinajstić information content (AvgIpc) is 2.62. The van der Waals surface area contributed by atoms with Crippen LogP contribution in [0.3, 0.4) is 0 Å². The highest BCUT2D eigenvalue weighted by Gasteiger charge is 2.37. The van der Waals surface area contributed by atoms with Crippen LogP contribution in [0.25, 0.3) is 0 Å². The molecule has 1 saturated carbocycles. The van der Waals surface area contributed by atoms with E-state index in [0.29, 0.717) is 26.2 Å². The van der Waals surface area contributed by atoms with E-state index in [1.54, 1.807) is 13.1 Å². The monoisotopic (exact) mass is 346 g/mol. The van der Waals surface area contributed by atoms with Gasteiger partial charge in [0.15, 0.2) is 0 Å². The first kappa shape index (κ1) is 16.7. The van der Waals surface area contributed by atoms with Crippen molar-refractivity contribution in [3.63, 3.8) is 0 Å². The van der Waals surface area contributed by atoms with E-state index in [-0.39, 0.29) is 23.6 Å². The standard InChI is InChI=1S/C18H26N4O3/c1-20-17(23)10-13-11-21(7-6-14(13)19-20)12-18(24)22-8-9-25-16-5-3-2-4-15(16)22/h10,15-16H,2-9,11-12H2,1H3/t15-,16+/m1/s1. The number of ether oxygens (including phenoxy) is 1. The van der Waals surface area contributed by atoms with Crippen LogP contribution in [0, 0.1) is 0 Å². The molecule has 1 aromatic rings. The zero-order valence-corrected chi connectivity index (χ0v) is 14.8. The van der Waals surface area contributed by atoms with Gasteiger partial charge in [-0.25, -0.2) is 4.68 Å². The van der Waals surface area contributed by atoms with Crippen LogP contribution in [-0.4, -0.2) is 63.9 Å². The normalized spacial score (nSPS) is 26.8. The van der Waals surface area contributed by atoms with Crippen LogP contribution in [0.1, 0.15) is 36.9 Å². The zero-order chi connectivity index (χ0) is 17.4. The highest BCUT2D eigenvalue weighted by atomic mass is 16.5. The number of nitrogens with zero attached hydrogens (tertiary/aromatic N) is 4. The number of aromatic nitrogens is 2. The Balaban J connectivity index is 1.42. The fourth-order valence-corrected chi connectivity index (χ4v) is 4.37. The number of amides is 1. The van der Waals surface area contributed by atoms with E-state index >= 15 is 0 Å². The molecular weight excluding hydrogens is 320 g/mol. The maximum absolute atomic E-state index is 12.9. The maximum atomic E-state index is 12.9. The molecule has 1 amide bonds. The third-order valence-corrected chi connectivity index (χ3v) is 5.73. The van der Waals surface area contributed by atoms with Crippen LogP contribution < -0.4 is 5.56 Å². The lowest BCUT2D eigenvalue weighted by molar-refractivity contribution is -0.150. The Morgan fingerprint density at radius 2 is 2.16 bits per heavy atom. The van der Waals surface area contributed by atoms with Gasteiger partial charge in [-0.2, -0.15) is 5.10 Å². The van der Waals surface area contributed by atoms with Crippen LogP contribution in [0.2, 0.25) is 0 Å². The van der Waals surface area contributed by atoms with Gasteiger partial charge in [-0.05, 0) is 18.4 Å². The molecular formula is C18H26N4O3. The molecule has 7 nitrogen and oxygen atoms in total. The van der Waals surface area contributed by atoms with Crippen molar-refractivity contribution in [2.24, 2.45) is 7.05 Å². The van der Waals surface area contributed by atoms with Gasteiger partial charge in [-0.15, -0.1) is 0 Å². The minimum absolute atomic E-state index is 0.0925. The molecule has 0 aromatic carbocycles. The Morgan fingerprint density at radius 1 is 1.32 bits per heavy atom. The van der Waals surface area contributed by atoms with Gasteiger partial charge in [-0.1, -0.05) is 12.8 Å². The second kappa shape index (κ2) is 6.88. The fraction of sp³-hybridized carbons (Fsp3) is 0.722. The van der Waals surface area contributed by atoms with Gasteiger partial charge < -0.3 is 9.64 Å². The summed E-state index contributed by atoms with van der Waals surface area (Å²) in [6.45, 7) is 3.20. The number of carbonyl (C=O) groups is 1. The number of fused-ring (bicyclic) bond motifs is 2. The van der Waals surface area contributed by atoms with Gasteiger partial charge in [0.2, 0.25) is 5.91 Å². The first-order valence-corrected chi connectivity index (χ1v) is 9.31. The van der Waals surface area contributed by atoms with Crippen molar-refractivity contribution in [1.29, 1.82) is 0 Å². The third kappa shape index (κ3) is 3.35. The van der Waals surface area contributed by atoms with Gasteiger partial charge in [0.25, 0.3) is 5.56 Å². The number of morpholine rings is 1. The largest absolute Gasteiger partial charge is 0.374 e. The minimum atomic E-state index is -0.0925. The molecule has 2 fully saturated rings. The number of rotatable bonds is 2.